The number of aryl methyl sites for hydroxylation is 2. The summed E-state index contributed by atoms with van der Waals surface area (Å²) in [4.78, 5) is 12.0. The van der Waals surface area contributed by atoms with E-state index in [4.69, 9.17) is 16.1 Å². The number of benzene rings is 1. The maximum absolute atomic E-state index is 12.0. The fourth-order valence-electron chi connectivity index (χ4n) is 1.66. The monoisotopic (exact) mass is 293 g/mol. The summed E-state index contributed by atoms with van der Waals surface area (Å²) >= 11 is 6.05. The van der Waals surface area contributed by atoms with Gasteiger partial charge in [-0.3, -0.25) is 4.79 Å². The number of aromatic nitrogens is 1. The number of nitrogens with one attached hydrogen (secondary N) is 2. The van der Waals surface area contributed by atoms with Crippen molar-refractivity contribution in [3.8, 4) is 0 Å². The molecule has 0 unspecified atom stereocenters. The van der Waals surface area contributed by atoms with Crippen LogP contribution >= 0.6 is 11.6 Å². The van der Waals surface area contributed by atoms with E-state index in [-0.39, 0.29) is 5.91 Å². The Labute approximate surface area is 122 Å². The van der Waals surface area contributed by atoms with E-state index in [1.807, 2.05) is 19.1 Å². The first-order valence-corrected chi connectivity index (χ1v) is 6.60. The number of halogens is 1. The molecule has 2 rings (SSSR count). The summed E-state index contributed by atoms with van der Waals surface area (Å²) in [6, 6.07) is 6.81. The summed E-state index contributed by atoms with van der Waals surface area (Å²) < 4.78 is 4.89. The average Bonchev–Trinajstić information content (AvgIpc) is 2.79. The van der Waals surface area contributed by atoms with Crippen LogP contribution in [0.3, 0.4) is 0 Å². The highest BCUT2D eigenvalue weighted by molar-refractivity contribution is 6.31. The Morgan fingerprint density at radius 1 is 1.35 bits per heavy atom. The van der Waals surface area contributed by atoms with E-state index < -0.39 is 6.04 Å². The molecule has 0 radical (unpaired) electrons. The Morgan fingerprint density at radius 2 is 2.10 bits per heavy atom. The van der Waals surface area contributed by atoms with Crippen LogP contribution in [-0.2, 0) is 4.79 Å². The molecule has 1 amide bonds. The van der Waals surface area contributed by atoms with E-state index in [0.29, 0.717) is 16.6 Å². The van der Waals surface area contributed by atoms with Crippen LogP contribution in [0.1, 0.15) is 18.2 Å². The second-order valence-electron chi connectivity index (χ2n) is 4.64. The third-order valence-corrected chi connectivity index (χ3v) is 3.23. The first kappa shape index (κ1) is 14.4. The van der Waals surface area contributed by atoms with Crippen molar-refractivity contribution in [3.63, 3.8) is 0 Å². The van der Waals surface area contributed by atoms with Crippen LogP contribution in [0.2, 0.25) is 5.02 Å². The SMILES string of the molecule is Cc1cc(NC(=O)[C@@H](C)Nc2ccc(C)c(Cl)c2)no1. The first-order valence-electron chi connectivity index (χ1n) is 6.22. The number of nitrogens with zero attached hydrogens (tertiary/aromatic N) is 1. The molecule has 0 saturated heterocycles. The van der Waals surface area contributed by atoms with Gasteiger partial charge in [0, 0.05) is 16.8 Å². The molecule has 5 nitrogen and oxygen atoms in total. The van der Waals surface area contributed by atoms with Gasteiger partial charge in [0.1, 0.15) is 11.8 Å². The molecule has 0 bridgehead atoms. The fourth-order valence-corrected chi connectivity index (χ4v) is 1.84. The van der Waals surface area contributed by atoms with Crippen LogP contribution in [0.5, 0.6) is 0 Å². The lowest BCUT2D eigenvalue weighted by molar-refractivity contribution is -0.116. The van der Waals surface area contributed by atoms with Crippen molar-refractivity contribution < 1.29 is 9.32 Å². The molecular weight excluding hydrogens is 278 g/mol. The van der Waals surface area contributed by atoms with Crippen LogP contribution < -0.4 is 10.6 Å². The average molecular weight is 294 g/mol. The van der Waals surface area contributed by atoms with Crippen molar-refractivity contribution in [2.45, 2.75) is 26.8 Å². The molecule has 1 aromatic carbocycles. The largest absolute Gasteiger partial charge is 0.374 e. The van der Waals surface area contributed by atoms with Gasteiger partial charge in [0.15, 0.2) is 5.82 Å². The highest BCUT2D eigenvalue weighted by Crippen LogP contribution is 2.20. The van der Waals surface area contributed by atoms with Crippen molar-refractivity contribution in [2.75, 3.05) is 10.6 Å². The zero-order valence-corrected chi connectivity index (χ0v) is 12.3. The molecule has 106 valence electrons. The maximum atomic E-state index is 12.0. The van der Waals surface area contributed by atoms with Crippen molar-refractivity contribution in [2.24, 2.45) is 0 Å². The second-order valence-corrected chi connectivity index (χ2v) is 5.05. The number of anilines is 2. The molecule has 0 fully saturated rings. The van der Waals surface area contributed by atoms with Gasteiger partial charge in [-0.15, -0.1) is 0 Å². The van der Waals surface area contributed by atoms with Crippen LogP contribution in [0, 0.1) is 13.8 Å². The van der Waals surface area contributed by atoms with Crippen molar-refractivity contribution in [1.82, 2.24) is 5.16 Å². The summed E-state index contributed by atoms with van der Waals surface area (Å²) in [6.07, 6.45) is 0. The van der Waals surface area contributed by atoms with Gasteiger partial charge >= 0.3 is 0 Å². The topological polar surface area (TPSA) is 67.2 Å². The van der Waals surface area contributed by atoms with Gasteiger partial charge in [0.2, 0.25) is 5.91 Å². The highest BCUT2D eigenvalue weighted by atomic mass is 35.5. The third kappa shape index (κ3) is 3.51. The smallest absolute Gasteiger partial charge is 0.247 e. The Morgan fingerprint density at radius 3 is 2.70 bits per heavy atom. The Kier molecular flexibility index (Phi) is 4.29. The lowest BCUT2D eigenvalue weighted by atomic mass is 10.2. The lowest BCUT2D eigenvalue weighted by Gasteiger charge is -2.14. The quantitative estimate of drug-likeness (QED) is 0.907. The van der Waals surface area contributed by atoms with E-state index in [1.165, 1.54) is 0 Å². The summed E-state index contributed by atoms with van der Waals surface area (Å²) in [5, 5.41) is 10.1. The summed E-state index contributed by atoms with van der Waals surface area (Å²) in [7, 11) is 0. The molecule has 2 N–H and O–H groups in total. The van der Waals surface area contributed by atoms with Gasteiger partial charge in [0.05, 0.1) is 0 Å². The molecular formula is C14H16ClN3O2. The van der Waals surface area contributed by atoms with Crippen LogP contribution in [0.25, 0.3) is 0 Å². The number of carbonyl (C=O) groups is 1. The standard InChI is InChI=1S/C14H16ClN3O2/c1-8-4-5-11(7-12(8)15)16-10(3)14(19)17-13-6-9(2)20-18-13/h4-7,10,16H,1-3H3,(H,17,18,19)/t10-/m1/s1. The predicted molar refractivity (Wildman–Crippen MR) is 79.1 cm³/mol. The molecule has 0 aliphatic carbocycles. The van der Waals surface area contributed by atoms with Gasteiger partial charge in [-0.05, 0) is 38.5 Å². The summed E-state index contributed by atoms with van der Waals surface area (Å²) in [5.41, 5.74) is 1.78. The second kappa shape index (κ2) is 5.96. The van der Waals surface area contributed by atoms with Gasteiger partial charge in [0.25, 0.3) is 0 Å². The normalized spacial score (nSPS) is 12.0. The molecule has 0 saturated carbocycles. The third-order valence-electron chi connectivity index (χ3n) is 2.83. The first-order chi connectivity index (χ1) is 9.45. The minimum atomic E-state index is -0.425. The number of hydrogen-bond donors (Lipinski definition) is 2. The number of hydrogen-bond acceptors (Lipinski definition) is 4. The maximum Gasteiger partial charge on any atom is 0.247 e. The zero-order valence-electron chi connectivity index (χ0n) is 11.5. The van der Waals surface area contributed by atoms with E-state index in [2.05, 4.69) is 15.8 Å². The van der Waals surface area contributed by atoms with E-state index in [9.17, 15) is 4.79 Å². The summed E-state index contributed by atoms with van der Waals surface area (Å²) in [6.45, 7) is 5.45. The van der Waals surface area contributed by atoms with Crippen molar-refractivity contribution in [1.29, 1.82) is 0 Å². The molecule has 1 atom stereocenters. The van der Waals surface area contributed by atoms with Crippen LogP contribution in [0.4, 0.5) is 11.5 Å². The minimum Gasteiger partial charge on any atom is -0.374 e. The Hall–Kier alpha value is -2.01. The number of carbonyl (C=O) groups excluding carboxylic acids is 1. The number of amides is 1. The lowest BCUT2D eigenvalue weighted by Crippen LogP contribution is -2.31. The van der Waals surface area contributed by atoms with Crippen molar-refractivity contribution in [3.05, 3.63) is 40.6 Å². The van der Waals surface area contributed by atoms with Crippen LogP contribution in [0.15, 0.2) is 28.8 Å². The molecule has 0 aliphatic heterocycles. The summed E-state index contributed by atoms with van der Waals surface area (Å²) in [5.74, 6) is 0.851. The minimum absolute atomic E-state index is 0.199. The van der Waals surface area contributed by atoms with E-state index >= 15 is 0 Å². The van der Waals surface area contributed by atoms with Crippen LogP contribution in [-0.4, -0.2) is 17.1 Å². The fraction of sp³-hybridized carbons (Fsp3) is 0.286. The molecule has 2 aromatic rings. The molecule has 0 aliphatic rings. The van der Waals surface area contributed by atoms with Gasteiger partial charge < -0.3 is 15.2 Å². The van der Waals surface area contributed by atoms with E-state index in [1.54, 1.807) is 26.0 Å². The molecule has 1 aromatic heterocycles. The van der Waals surface area contributed by atoms with Gasteiger partial charge in [-0.1, -0.05) is 22.8 Å². The highest BCUT2D eigenvalue weighted by Gasteiger charge is 2.14. The molecule has 20 heavy (non-hydrogen) atoms. The molecule has 0 spiro atoms. The van der Waals surface area contributed by atoms with Gasteiger partial charge in [-0.25, -0.2) is 0 Å². The van der Waals surface area contributed by atoms with E-state index in [0.717, 1.165) is 11.3 Å². The Bertz CT molecular complexity index is 625. The van der Waals surface area contributed by atoms with Crippen molar-refractivity contribution >= 4 is 29.0 Å². The molecule has 6 heteroatoms. The number of rotatable bonds is 4. The predicted octanol–water partition coefficient (Wildman–Crippen LogP) is 3.38. The Balaban J connectivity index is 1.98. The molecule has 1 heterocycles. The van der Waals surface area contributed by atoms with Gasteiger partial charge in [-0.2, -0.15) is 0 Å². The zero-order chi connectivity index (χ0) is 14.7.